The summed E-state index contributed by atoms with van der Waals surface area (Å²) in [6.07, 6.45) is 14.0. The van der Waals surface area contributed by atoms with E-state index in [0.717, 1.165) is 61.6 Å². The second kappa shape index (κ2) is 17.0. The first-order valence-corrected chi connectivity index (χ1v) is 22.0. The standard InChI is InChI=1S/C45H58N4O7S/c1-3-4-5-14-26-53-41-40(46-57-47-41)32-16-15-23-48(2,30-32)31-54-42(50)38-29-39(38)43(51)56-45(33-17-8-6-9-18-33,34-19-10-7-11-20-34)44(52)55-37-27-35-21-22-36(28-37)49(35)24-12-13-25-49/h6-11,16-20,35-39H,3-5,12-15,21-31H2,1-2H3/q+2/t35?,36?,37?,38-,39-,48?/m1/s1. The molecule has 12 heteroatoms. The number of quaternary nitrogens is 2. The Labute approximate surface area is 340 Å². The Hall–Kier alpha value is -4.13. The van der Waals surface area contributed by atoms with Gasteiger partial charge >= 0.3 is 17.9 Å². The monoisotopic (exact) mass is 798 g/mol. The quantitative estimate of drug-likeness (QED) is 0.0643. The normalized spacial score (nSPS) is 27.4. The van der Waals surface area contributed by atoms with Crippen LogP contribution >= 0.6 is 11.7 Å². The van der Waals surface area contributed by atoms with Gasteiger partial charge in [-0.15, -0.1) is 4.37 Å². The highest BCUT2D eigenvalue weighted by molar-refractivity contribution is 6.99. The molecule has 2 bridgehead atoms. The molecule has 0 N–H and O–H groups in total. The lowest BCUT2D eigenvalue weighted by Gasteiger charge is -2.47. The van der Waals surface area contributed by atoms with Crippen LogP contribution in [0.4, 0.5) is 0 Å². The van der Waals surface area contributed by atoms with E-state index in [1.54, 1.807) is 0 Å². The highest BCUT2D eigenvalue weighted by Crippen LogP contribution is 2.48. The first-order valence-electron chi connectivity index (χ1n) is 21.3. The second-order valence-electron chi connectivity index (χ2n) is 17.4. The number of esters is 3. The Bertz CT molecular complexity index is 1860. The number of carbonyl (C=O) groups is 3. The molecule has 0 amide bonds. The minimum atomic E-state index is -1.83. The Kier molecular flexibility index (Phi) is 11.8. The number of piperidine rings is 1. The predicted octanol–water partition coefficient (Wildman–Crippen LogP) is 7.20. The van der Waals surface area contributed by atoms with Gasteiger partial charge < -0.3 is 23.4 Å². The van der Waals surface area contributed by atoms with E-state index in [1.807, 2.05) is 60.7 Å². The molecule has 4 fully saturated rings. The molecule has 57 heavy (non-hydrogen) atoms. The van der Waals surface area contributed by atoms with E-state index in [4.69, 9.17) is 18.9 Å². The first-order chi connectivity index (χ1) is 27.7. The topological polar surface area (TPSA) is 114 Å². The molecule has 3 aromatic rings. The lowest BCUT2D eigenvalue weighted by Crippen LogP contribution is -2.60. The van der Waals surface area contributed by atoms with Gasteiger partial charge in [-0.1, -0.05) is 92.9 Å². The van der Waals surface area contributed by atoms with Gasteiger partial charge in [-0.25, -0.2) is 4.79 Å². The Balaban J connectivity index is 0.928. The van der Waals surface area contributed by atoms with Crippen molar-refractivity contribution in [2.45, 2.75) is 108 Å². The van der Waals surface area contributed by atoms with Crippen molar-refractivity contribution in [1.29, 1.82) is 0 Å². The third kappa shape index (κ3) is 8.14. The van der Waals surface area contributed by atoms with Crippen molar-refractivity contribution in [3.63, 3.8) is 0 Å². The third-order valence-corrected chi connectivity index (χ3v) is 14.0. The zero-order valence-corrected chi connectivity index (χ0v) is 34.3. The van der Waals surface area contributed by atoms with Crippen molar-refractivity contribution in [3.8, 4) is 5.88 Å². The van der Waals surface area contributed by atoms with E-state index >= 15 is 0 Å². The van der Waals surface area contributed by atoms with Crippen LogP contribution in [0.3, 0.4) is 0 Å². The molecule has 304 valence electrons. The molecule has 4 aliphatic heterocycles. The smallest absolute Gasteiger partial charge is 0.360 e. The second-order valence-corrected chi connectivity index (χ2v) is 17.9. The average Bonchev–Trinajstić information content (AvgIpc) is 3.57. The number of hydrogen-bond donors (Lipinski definition) is 0. The molecule has 5 aliphatic rings. The minimum Gasteiger partial charge on any atom is -0.475 e. The van der Waals surface area contributed by atoms with Crippen LogP contribution in [0.5, 0.6) is 5.88 Å². The van der Waals surface area contributed by atoms with Gasteiger partial charge in [-0.2, -0.15) is 4.37 Å². The molecule has 11 nitrogen and oxygen atoms in total. The molecule has 3 saturated heterocycles. The van der Waals surface area contributed by atoms with Gasteiger partial charge in [0, 0.05) is 61.6 Å². The minimum absolute atomic E-state index is 0.160. The van der Waals surface area contributed by atoms with E-state index < -0.39 is 35.3 Å². The zero-order valence-electron chi connectivity index (χ0n) is 33.5. The summed E-state index contributed by atoms with van der Waals surface area (Å²) in [6, 6.07) is 19.4. The Morgan fingerprint density at radius 2 is 1.49 bits per heavy atom. The lowest BCUT2D eigenvalue weighted by atomic mass is 9.85. The molecular weight excluding hydrogens is 741 g/mol. The molecule has 3 unspecified atom stereocenters. The van der Waals surface area contributed by atoms with Crippen LogP contribution in [0.25, 0.3) is 5.57 Å². The molecule has 8 rings (SSSR count). The number of likely N-dealkylation sites (N-methyl/N-ethyl adjacent to an activating group) is 1. The van der Waals surface area contributed by atoms with Crippen LogP contribution < -0.4 is 4.74 Å². The fourth-order valence-corrected chi connectivity index (χ4v) is 10.8. The maximum absolute atomic E-state index is 14.8. The van der Waals surface area contributed by atoms with Crippen LogP contribution in [0.15, 0.2) is 66.7 Å². The third-order valence-electron chi connectivity index (χ3n) is 13.5. The summed E-state index contributed by atoms with van der Waals surface area (Å²) in [5.41, 5.74) is 1.01. The molecule has 1 aliphatic carbocycles. The number of unbranched alkanes of at least 4 members (excludes halogenated alkanes) is 3. The van der Waals surface area contributed by atoms with Crippen LogP contribution in [-0.4, -0.2) is 100 Å². The van der Waals surface area contributed by atoms with Crippen molar-refractivity contribution in [2.24, 2.45) is 11.8 Å². The van der Waals surface area contributed by atoms with E-state index in [0.29, 0.717) is 53.1 Å². The predicted molar refractivity (Wildman–Crippen MR) is 216 cm³/mol. The molecule has 1 aromatic heterocycles. The van der Waals surface area contributed by atoms with E-state index in [2.05, 4.69) is 28.8 Å². The average molecular weight is 799 g/mol. The van der Waals surface area contributed by atoms with Crippen LogP contribution in [0, 0.1) is 11.8 Å². The highest BCUT2D eigenvalue weighted by atomic mass is 32.1. The SMILES string of the molecule is CCCCCCOc1nsnc1C1=CCC[N+](C)(COC(=O)[C@@H]2C[C@H]2C(=O)OC(C(=O)OC2CC3CCC(C2)[N+]32CCCC2)(c2ccccc2)c2ccccc2)C1. The number of rotatable bonds is 16. The van der Waals surface area contributed by atoms with Crippen molar-refractivity contribution < 1.29 is 42.3 Å². The molecule has 1 saturated carbocycles. The fraction of sp³-hybridized carbons (Fsp3) is 0.578. The van der Waals surface area contributed by atoms with Crippen molar-refractivity contribution in [1.82, 2.24) is 8.75 Å². The highest BCUT2D eigenvalue weighted by Gasteiger charge is 2.59. The summed E-state index contributed by atoms with van der Waals surface area (Å²) in [4.78, 5) is 42.5. The van der Waals surface area contributed by atoms with E-state index in [1.165, 1.54) is 56.1 Å². The first kappa shape index (κ1) is 39.7. The van der Waals surface area contributed by atoms with Gasteiger partial charge in [0.2, 0.25) is 6.73 Å². The maximum Gasteiger partial charge on any atom is 0.360 e. The maximum atomic E-state index is 14.8. The fourth-order valence-electron chi connectivity index (χ4n) is 10.3. The molecule has 1 spiro atoms. The van der Waals surface area contributed by atoms with E-state index in [-0.39, 0.29) is 12.8 Å². The van der Waals surface area contributed by atoms with Gasteiger partial charge in [0.1, 0.15) is 18.3 Å². The molecule has 0 radical (unpaired) electrons. The number of aromatic nitrogens is 2. The van der Waals surface area contributed by atoms with Crippen molar-refractivity contribution in [2.75, 3.05) is 46.6 Å². The van der Waals surface area contributed by atoms with Gasteiger partial charge in [-0.05, 0) is 12.8 Å². The van der Waals surface area contributed by atoms with Gasteiger partial charge in [0.25, 0.3) is 11.5 Å². The number of benzene rings is 2. The lowest BCUT2D eigenvalue weighted by molar-refractivity contribution is -0.956. The number of nitrogens with zero attached hydrogens (tertiary/aromatic N) is 4. The van der Waals surface area contributed by atoms with Crippen LogP contribution in [0.2, 0.25) is 0 Å². The number of carbonyl (C=O) groups excluding carboxylic acids is 3. The van der Waals surface area contributed by atoms with Gasteiger partial charge in [0.15, 0.2) is 0 Å². The van der Waals surface area contributed by atoms with Crippen molar-refractivity contribution >= 4 is 35.2 Å². The largest absolute Gasteiger partial charge is 0.475 e. The summed E-state index contributed by atoms with van der Waals surface area (Å²) in [7, 11) is 2.06. The van der Waals surface area contributed by atoms with Gasteiger partial charge in [-0.3, -0.25) is 14.1 Å². The van der Waals surface area contributed by atoms with Gasteiger partial charge in [0.05, 0.1) is 68.9 Å². The Morgan fingerprint density at radius 3 is 2.16 bits per heavy atom. The Morgan fingerprint density at radius 1 is 0.825 bits per heavy atom. The summed E-state index contributed by atoms with van der Waals surface area (Å²) in [5, 5.41) is 0. The molecule has 5 atom stereocenters. The summed E-state index contributed by atoms with van der Waals surface area (Å²) in [5.74, 6) is -2.41. The number of ether oxygens (including phenoxy) is 4. The number of hydrogen-bond acceptors (Lipinski definition) is 10. The zero-order chi connectivity index (χ0) is 39.5. The van der Waals surface area contributed by atoms with Crippen LogP contribution in [-0.2, 0) is 34.2 Å². The van der Waals surface area contributed by atoms with Crippen molar-refractivity contribution in [3.05, 3.63) is 83.6 Å². The summed E-state index contributed by atoms with van der Waals surface area (Å²) < 4.78 is 35.5. The summed E-state index contributed by atoms with van der Waals surface area (Å²) in [6.45, 7) is 6.82. The molecule has 5 heterocycles. The molecule has 2 aromatic carbocycles. The summed E-state index contributed by atoms with van der Waals surface area (Å²) >= 11 is 1.15. The van der Waals surface area contributed by atoms with E-state index in [9.17, 15) is 14.4 Å². The molecular formula is C45H58N4O7S+2. The van der Waals surface area contributed by atoms with Crippen LogP contribution in [0.1, 0.15) is 101 Å².